The van der Waals surface area contributed by atoms with Crippen molar-refractivity contribution in [3.63, 3.8) is 0 Å². The number of nitrogens with zero attached hydrogens (tertiary/aromatic N) is 2. The van der Waals surface area contributed by atoms with Crippen LogP contribution in [-0.2, 0) is 12.6 Å². The number of alkyl halides is 3. The SMILES string of the molecule is CCCc1n[nH]c(=S)n1-c1ccc(C(F)(F)F)cc1Cl. The van der Waals surface area contributed by atoms with Gasteiger partial charge in [-0.2, -0.15) is 18.3 Å². The Bertz CT molecular complexity index is 675. The van der Waals surface area contributed by atoms with E-state index in [1.165, 1.54) is 6.07 Å². The van der Waals surface area contributed by atoms with E-state index in [2.05, 4.69) is 10.2 Å². The third-order valence-electron chi connectivity index (χ3n) is 2.73. The molecule has 0 spiro atoms. The van der Waals surface area contributed by atoms with Crippen LogP contribution >= 0.6 is 23.8 Å². The molecule has 20 heavy (non-hydrogen) atoms. The molecular weight excluding hydrogens is 311 g/mol. The molecule has 0 aliphatic heterocycles. The third kappa shape index (κ3) is 2.88. The largest absolute Gasteiger partial charge is 0.416 e. The fraction of sp³-hybridized carbons (Fsp3) is 0.333. The van der Waals surface area contributed by atoms with Crippen LogP contribution < -0.4 is 0 Å². The van der Waals surface area contributed by atoms with Gasteiger partial charge in [0.1, 0.15) is 5.82 Å². The Kier molecular flexibility index (Phi) is 4.19. The maximum Gasteiger partial charge on any atom is 0.416 e. The van der Waals surface area contributed by atoms with E-state index in [0.29, 0.717) is 22.7 Å². The van der Waals surface area contributed by atoms with Crippen LogP contribution in [0, 0.1) is 4.77 Å². The number of hydrogen-bond acceptors (Lipinski definition) is 2. The lowest BCUT2D eigenvalue weighted by molar-refractivity contribution is -0.137. The van der Waals surface area contributed by atoms with E-state index in [9.17, 15) is 13.2 Å². The predicted octanol–water partition coefficient (Wildman–Crippen LogP) is 4.55. The molecule has 2 rings (SSSR count). The van der Waals surface area contributed by atoms with Gasteiger partial charge in [-0.15, -0.1) is 0 Å². The Labute approximate surface area is 123 Å². The molecule has 8 heteroatoms. The first kappa shape index (κ1) is 15.1. The molecule has 1 N–H and O–H groups in total. The van der Waals surface area contributed by atoms with E-state index in [-0.39, 0.29) is 5.02 Å². The van der Waals surface area contributed by atoms with Gasteiger partial charge in [0.25, 0.3) is 0 Å². The zero-order valence-electron chi connectivity index (χ0n) is 10.5. The Hall–Kier alpha value is -1.34. The molecule has 0 fully saturated rings. The van der Waals surface area contributed by atoms with Crippen molar-refractivity contribution in [2.45, 2.75) is 25.9 Å². The number of aromatic nitrogens is 3. The zero-order chi connectivity index (χ0) is 14.9. The van der Waals surface area contributed by atoms with Crippen molar-refractivity contribution >= 4 is 23.8 Å². The lowest BCUT2D eigenvalue weighted by Crippen LogP contribution is -2.07. The number of hydrogen-bond donors (Lipinski definition) is 1. The lowest BCUT2D eigenvalue weighted by atomic mass is 10.2. The lowest BCUT2D eigenvalue weighted by Gasteiger charge is -2.11. The molecule has 1 aromatic carbocycles. The third-order valence-corrected chi connectivity index (χ3v) is 3.31. The summed E-state index contributed by atoms with van der Waals surface area (Å²) in [6.07, 6.45) is -2.95. The summed E-state index contributed by atoms with van der Waals surface area (Å²) in [6, 6.07) is 3.17. The van der Waals surface area contributed by atoms with Crippen LogP contribution in [0.5, 0.6) is 0 Å². The van der Waals surface area contributed by atoms with E-state index >= 15 is 0 Å². The number of aryl methyl sites for hydroxylation is 1. The average Bonchev–Trinajstić information content (AvgIpc) is 2.70. The summed E-state index contributed by atoms with van der Waals surface area (Å²) in [7, 11) is 0. The minimum absolute atomic E-state index is 0.0188. The van der Waals surface area contributed by atoms with Crippen LogP contribution in [0.2, 0.25) is 5.02 Å². The fourth-order valence-electron chi connectivity index (χ4n) is 1.83. The topological polar surface area (TPSA) is 33.6 Å². The van der Waals surface area contributed by atoms with Gasteiger partial charge in [0, 0.05) is 6.42 Å². The van der Waals surface area contributed by atoms with Gasteiger partial charge < -0.3 is 0 Å². The van der Waals surface area contributed by atoms with Gasteiger partial charge in [0.05, 0.1) is 16.3 Å². The monoisotopic (exact) mass is 321 g/mol. The number of nitrogens with one attached hydrogen (secondary N) is 1. The summed E-state index contributed by atoms with van der Waals surface area (Å²) >= 11 is 11.1. The highest BCUT2D eigenvalue weighted by Crippen LogP contribution is 2.33. The van der Waals surface area contributed by atoms with Crippen molar-refractivity contribution in [1.82, 2.24) is 14.8 Å². The number of H-pyrrole nitrogens is 1. The molecule has 0 saturated heterocycles. The van der Waals surface area contributed by atoms with Gasteiger partial charge in [0.2, 0.25) is 0 Å². The normalized spacial score (nSPS) is 11.8. The predicted molar refractivity (Wildman–Crippen MR) is 72.8 cm³/mol. The Morgan fingerprint density at radius 1 is 1.40 bits per heavy atom. The second kappa shape index (κ2) is 5.57. The fourth-order valence-corrected chi connectivity index (χ4v) is 2.35. The van der Waals surface area contributed by atoms with Crippen LogP contribution in [-0.4, -0.2) is 14.8 Å². The molecule has 1 heterocycles. The van der Waals surface area contributed by atoms with Gasteiger partial charge >= 0.3 is 6.18 Å². The van der Waals surface area contributed by atoms with Crippen molar-refractivity contribution in [1.29, 1.82) is 0 Å². The van der Waals surface area contributed by atoms with Crippen LogP contribution in [0.3, 0.4) is 0 Å². The van der Waals surface area contributed by atoms with Gasteiger partial charge in [-0.25, -0.2) is 0 Å². The molecule has 0 radical (unpaired) electrons. The summed E-state index contributed by atoms with van der Waals surface area (Å²) in [5.41, 5.74) is -0.403. The smallest absolute Gasteiger partial charge is 0.271 e. The highest BCUT2D eigenvalue weighted by Gasteiger charge is 2.31. The highest BCUT2D eigenvalue weighted by molar-refractivity contribution is 7.71. The molecule has 0 saturated carbocycles. The zero-order valence-corrected chi connectivity index (χ0v) is 12.0. The van der Waals surface area contributed by atoms with Gasteiger partial charge in [-0.1, -0.05) is 18.5 Å². The van der Waals surface area contributed by atoms with Crippen molar-refractivity contribution in [3.8, 4) is 5.69 Å². The molecule has 3 nitrogen and oxygen atoms in total. The van der Waals surface area contributed by atoms with Crippen LogP contribution in [0.15, 0.2) is 18.2 Å². The Morgan fingerprint density at radius 2 is 2.10 bits per heavy atom. The maximum atomic E-state index is 12.6. The number of aromatic amines is 1. The standard InChI is InChI=1S/C12H11ClF3N3S/c1-2-3-10-17-18-11(20)19(10)9-5-4-7(6-8(9)13)12(14,15)16/h4-6H,2-3H2,1H3,(H,18,20). The number of rotatable bonds is 3. The Morgan fingerprint density at radius 3 is 2.65 bits per heavy atom. The molecule has 0 unspecified atom stereocenters. The molecular formula is C12H11ClF3N3S. The molecule has 0 bridgehead atoms. The second-order valence-electron chi connectivity index (χ2n) is 4.19. The first-order chi connectivity index (χ1) is 9.34. The number of benzene rings is 1. The summed E-state index contributed by atoms with van der Waals surface area (Å²) in [5, 5.41) is 6.67. The van der Waals surface area contributed by atoms with Gasteiger partial charge in [0.15, 0.2) is 4.77 Å². The molecule has 0 aliphatic carbocycles. The van der Waals surface area contributed by atoms with Crippen LogP contribution in [0.25, 0.3) is 5.69 Å². The minimum Gasteiger partial charge on any atom is -0.271 e. The van der Waals surface area contributed by atoms with Crippen molar-refractivity contribution < 1.29 is 13.2 Å². The van der Waals surface area contributed by atoms with Gasteiger partial charge in [-0.3, -0.25) is 9.67 Å². The van der Waals surface area contributed by atoms with E-state index in [1.807, 2.05) is 6.92 Å². The van der Waals surface area contributed by atoms with Crippen LogP contribution in [0.1, 0.15) is 24.7 Å². The molecule has 108 valence electrons. The van der Waals surface area contributed by atoms with Crippen molar-refractivity contribution in [3.05, 3.63) is 39.4 Å². The number of halogens is 4. The van der Waals surface area contributed by atoms with E-state index in [0.717, 1.165) is 18.6 Å². The Balaban J connectivity index is 2.54. The molecule has 0 atom stereocenters. The molecule has 0 amide bonds. The first-order valence-corrected chi connectivity index (χ1v) is 6.66. The maximum absolute atomic E-state index is 12.6. The van der Waals surface area contributed by atoms with E-state index in [1.54, 1.807) is 4.57 Å². The van der Waals surface area contributed by atoms with Crippen molar-refractivity contribution in [2.75, 3.05) is 0 Å². The highest BCUT2D eigenvalue weighted by atomic mass is 35.5. The summed E-state index contributed by atoms with van der Waals surface area (Å²) in [4.78, 5) is 0. The van der Waals surface area contributed by atoms with Crippen LogP contribution in [0.4, 0.5) is 13.2 Å². The summed E-state index contributed by atoms with van der Waals surface area (Å²) in [5.74, 6) is 0.638. The molecule has 2 aromatic rings. The van der Waals surface area contributed by atoms with Crippen molar-refractivity contribution in [2.24, 2.45) is 0 Å². The average molecular weight is 322 g/mol. The second-order valence-corrected chi connectivity index (χ2v) is 4.99. The summed E-state index contributed by atoms with van der Waals surface area (Å²) in [6.45, 7) is 1.97. The van der Waals surface area contributed by atoms with E-state index in [4.69, 9.17) is 23.8 Å². The molecule has 1 aromatic heterocycles. The first-order valence-electron chi connectivity index (χ1n) is 5.88. The minimum atomic E-state index is -4.42. The van der Waals surface area contributed by atoms with E-state index < -0.39 is 11.7 Å². The quantitative estimate of drug-likeness (QED) is 0.841. The molecule has 0 aliphatic rings. The summed E-state index contributed by atoms with van der Waals surface area (Å²) < 4.78 is 39.7. The van der Waals surface area contributed by atoms with Gasteiger partial charge in [-0.05, 0) is 36.8 Å².